The van der Waals surface area contributed by atoms with Crippen molar-refractivity contribution >= 4 is 18.4 Å². The first-order chi connectivity index (χ1) is 8.70. The molecule has 2 amide bonds. The highest BCUT2D eigenvalue weighted by Gasteiger charge is 2.38. The van der Waals surface area contributed by atoms with E-state index in [1.54, 1.807) is 12.1 Å². The fraction of sp³-hybridized carbons (Fsp3) is 0.231. The number of ether oxygens (including phenoxy) is 2. The summed E-state index contributed by atoms with van der Waals surface area (Å²) in [4.78, 5) is 23.4. The smallest absolute Gasteiger partial charge is 0.258 e. The van der Waals surface area contributed by atoms with Crippen molar-refractivity contribution in [1.29, 1.82) is 0 Å². The molecule has 5 heteroatoms. The zero-order valence-corrected chi connectivity index (χ0v) is 9.75. The summed E-state index contributed by atoms with van der Waals surface area (Å²) in [6, 6.07) is 5.31. The number of carbonyl (C=O) groups excluding carboxylic acids is 2. The molecule has 0 spiro atoms. The molecule has 1 fully saturated rings. The van der Waals surface area contributed by atoms with E-state index in [1.807, 2.05) is 19.1 Å². The topological polar surface area (TPSA) is 55.8 Å². The molecule has 1 aromatic carbocycles. The Labute approximate surface area is 104 Å². The number of nitrogens with zero attached hydrogens (tertiary/aromatic N) is 1. The number of likely N-dealkylation sites (tertiary alicyclic amines) is 1. The van der Waals surface area contributed by atoms with Gasteiger partial charge in [-0.25, -0.2) is 0 Å². The van der Waals surface area contributed by atoms with Gasteiger partial charge in [0.15, 0.2) is 11.5 Å². The second-order valence-electron chi connectivity index (χ2n) is 4.21. The second kappa shape index (κ2) is 3.87. The van der Waals surface area contributed by atoms with E-state index in [9.17, 15) is 9.59 Å². The number of imide groups is 1. The molecule has 2 aliphatic rings. The number of β-lactam (4-membered cyclic amide) rings is 1. The number of fused-ring (bicyclic) bond motifs is 1. The molecule has 0 N–H and O–H groups in total. The van der Waals surface area contributed by atoms with Crippen LogP contribution in [0.3, 0.4) is 0 Å². The van der Waals surface area contributed by atoms with Gasteiger partial charge in [0.2, 0.25) is 13.2 Å². The van der Waals surface area contributed by atoms with Crippen molar-refractivity contribution < 1.29 is 19.1 Å². The quantitative estimate of drug-likeness (QED) is 0.446. The lowest BCUT2D eigenvalue weighted by Gasteiger charge is -2.35. The van der Waals surface area contributed by atoms with Gasteiger partial charge in [-0.2, -0.15) is 0 Å². The number of amides is 2. The van der Waals surface area contributed by atoms with Gasteiger partial charge in [-0.1, -0.05) is 6.07 Å². The van der Waals surface area contributed by atoms with E-state index < -0.39 is 0 Å². The van der Waals surface area contributed by atoms with E-state index >= 15 is 0 Å². The van der Waals surface area contributed by atoms with E-state index in [-0.39, 0.29) is 18.7 Å². The lowest BCUT2D eigenvalue weighted by molar-refractivity contribution is -0.143. The molecule has 0 aliphatic carbocycles. The van der Waals surface area contributed by atoms with E-state index in [0.717, 1.165) is 5.56 Å². The van der Waals surface area contributed by atoms with Gasteiger partial charge in [0.05, 0.1) is 6.04 Å². The number of hydrogen-bond donors (Lipinski definition) is 0. The van der Waals surface area contributed by atoms with Gasteiger partial charge >= 0.3 is 0 Å². The zero-order chi connectivity index (χ0) is 12.7. The minimum Gasteiger partial charge on any atom is -0.454 e. The lowest BCUT2D eigenvalue weighted by Crippen LogP contribution is -2.52. The Kier molecular flexibility index (Phi) is 2.33. The Morgan fingerprint density at radius 3 is 2.83 bits per heavy atom. The first-order valence-electron chi connectivity index (χ1n) is 5.60. The Hall–Kier alpha value is -2.30. The van der Waals surface area contributed by atoms with Crippen LogP contribution in [0.5, 0.6) is 11.5 Å². The van der Waals surface area contributed by atoms with Crippen molar-refractivity contribution in [3.63, 3.8) is 0 Å². The SMILES string of the molecule is CC1C(=Cc2ccc3c(c2)OCO3)C(=O)N1C=O. The third kappa shape index (κ3) is 1.48. The molecule has 3 rings (SSSR count). The van der Waals surface area contributed by atoms with Crippen LogP contribution in [-0.2, 0) is 9.59 Å². The van der Waals surface area contributed by atoms with E-state index in [2.05, 4.69) is 0 Å². The van der Waals surface area contributed by atoms with Crippen LogP contribution in [-0.4, -0.2) is 30.1 Å². The third-order valence-corrected chi connectivity index (χ3v) is 3.18. The van der Waals surface area contributed by atoms with Crippen molar-refractivity contribution in [2.24, 2.45) is 0 Å². The van der Waals surface area contributed by atoms with Crippen molar-refractivity contribution in [2.75, 3.05) is 6.79 Å². The molecule has 0 bridgehead atoms. The summed E-state index contributed by atoms with van der Waals surface area (Å²) in [7, 11) is 0. The van der Waals surface area contributed by atoms with Crippen LogP contribution >= 0.6 is 0 Å². The number of rotatable bonds is 2. The zero-order valence-electron chi connectivity index (χ0n) is 9.75. The number of benzene rings is 1. The van der Waals surface area contributed by atoms with E-state index in [1.165, 1.54) is 4.90 Å². The van der Waals surface area contributed by atoms with Crippen molar-refractivity contribution in [3.05, 3.63) is 29.3 Å². The number of carbonyl (C=O) groups is 2. The molecular formula is C13H11NO4. The second-order valence-corrected chi connectivity index (χ2v) is 4.21. The monoisotopic (exact) mass is 245 g/mol. The molecule has 18 heavy (non-hydrogen) atoms. The summed E-state index contributed by atoms with van der Waals surface area (Å²) in [5.41, 5.74) is 1.49. The van der Waals surface area contributed by atoms with Crippen LogP contribution in [0.25, 0.3) is 6.08 Å². The molecule has 1 atom stereocenters. The summed E-state index contributed by atoms with van der Waals surface area (Å²) < 4.78 is 10.5. The fourth-order valence-electron chi connectivity index (χ4n) is 2.09. The molecule has 2 aliphatic heterocycles. The maximum Gasteiger partial charge on any atom is 0.258 e. The maximum atomic E-state index is 11.6. The highest BCUT2D eigenvalue weighted by Crippen LogP contribution is 2.34. The molecule has 0 radical (unpaired) electrons. The van der Waals surface area contributed by atoms with Crippen molar-refractivity contribution in [2.45, 2.75) is 13.0 Å². The largest absolute Gasteiger partial charge is 0.454 e. The van der Waals surface area contributed by atoms with Gasteiger partial charge in [-0.15, -0.1) is 0 Å². The van der Waals surface area contributed by atoms with Crippen molar-refractivity contribution in [1.82, 2.24) is 4.90 Å². The molecule has 1 aromatic rings. The van der Waals surface area contributed by atoms with Gasteiger partial charge in [0.1, 0.15) is 0 Å². The lowest BCUT2D eigenvalue weighted by atomic mass is 9.94. The highest BCUT2D eigenvalue weighted by atomic mass is 16.7. The van der Waals surface area contributed by atoms with Gasteiger partial charge in [-0.05, 0) is 30.7 Å². The Balaban J connectivity index is 1.89. The van der Waals surface area contributed by atoms with E-state index in [0.29, 0.717) is 23.5 Å². The van der Waals surface area contributed by atoms with Crippen LogP contribution < -0.4 is 9.47 Å². The average molecular weight is 245 g/mol. The summed E-state index contributed by atoms with van der Waals surface area (Å²) in [5, 5.41) is 0. The molecule has 5 nitrogen and oxygen atoms in total. The average Bonchev–Trinajstić information content (AvgIpc) is 2.84. The van der Waals surface area contributed by atoms with E-state index in [4.69, 9.17) is 9.47 Å². The minimum absolute atomic E-state index is 0.166. The normalized spacial score (nSPS) is 23.2. The Morgan fingerprint density at radius 2 is 2.11 bits per heavy atom. The molecule has 2 heterocycles. The molecule has 1 saturated heterocycles. The summed E-state index contributed by atoms with van der Waals surface area (Å²) in [5.74, 6) is 1.14. The summed E-state index contributed by atoms with van der Waals surface area (Å²) >= 11 is 0. The molecule has 1 unspecified atom stereocenters. The molecule has 0 saturated carbocycles. The predicted molar refractivity (Wildman–Crippen MR) is 62.9 cm³/mol. The van der Waals surface area contributed by atoms with Crippen LogP contribution in [0.15, 0.2) is 23.8 Å². The highest BCUT2D eigenvalue weighted by molar-refractivity contribution is 6.10. The van der Waals surface area contributed by atoms with Gasteiger partial charge in [-0.3, -0.25) is 14.5 Å². The first kappa shape index (κ1) is 10.8. The molecule has 92 valence electrons. The summed E-state index contributed by atoms with van der Waals surface area (Å²) in [6.07, 6.45) is 2.33. The van der Waals surface area contributed by atoms with Gasteiger partial charge in [0.25, 0.3) is 5.91 Å². The van der Waals surface area contributed by atoms with Crippen molar-refractivity contribution in [3.8, 4) is 11.5 Å². The predicted octanol–water partition coefficient (Wildman–Crippen LogP) is 1.19. The fourth-order valence-corrected chi connectivity index (χ4v) is 2.09. The van der Waals surface area contributed by atoms with Crippen LogP contribution in [0, 0.1) is 0 Å². The maximum absolute atomic E-state index is 11.6. The Morgan fingerprint density at radius 1 is 1.33 bits per heavy atom. The number of hydrogen-bond acceptors (Lipinski definition) is 4. The third-order valence-electron chi connectivity index (χ3n) is 3.18. The van der Waals surface area contributed by atoms with Gasteiger partial charge in [0, 0.05) is 5.57 Å². The van der Waals surface area contributed by atoms with Crippen LogP contribution in [0.2, 0.25) is 0 Å². The van der Waals surface area contributed by atoms with Crippen LogP contribution in [0.1, 0.15) is 12.5 Å². The molecule has 0 aromatic heterocycles. The minimum atomic E-state index is -0.241. The first-order valence-corrected chi connectivity index (χ1v) is 5.60. The standard InChI is InChI=1S/C13H11NO4/c1-8-10(13(16)14(8)6-15)4-9-2-3-11-12(5-9)18-7-17-11/h2-6,8H,7H2,1H3. The van der Waals surface area contributed by atoms with Crippen LogP contribution in [0.4, 0.5) is 0 Å². The molecular weight excluding hydrogens is 234 g/mol. The van der Waals surface area contributed by atoms with Gasteiger partial charge < -0.3 is 9.47 Å². The Bertz CT molecular complexity index is 564. The summed E-state index contributed by atoms with van der Waals surface area (Å²) in [6.45, 7) is 2.04.